The zero-order chi connectivity index (χ0) is 16.4. The fraction of sp³-hybridized carbons (Fsp3) is 0. The summed E-state index contributed by atoms with van der Waals surface area (Å²) in [6.45, 7) is 0. The fourth-order valence-corrected chi connectivity index (χ4v) is 2.52. The van der Waals surface area contributed by atoms with Crippen molar-refractivity contribution in [1.29, 1.82) is 0 Å². The number of pyridine rings is 1. The second-order valence-corrected chi connectivity index (χ2v) is 5.54. The number of carbonyl (C=O) groups is 2. The van der Waals surface area contributed by atoms with E-state index >= 15 is 0 Å². The Hall–Kier alpha value is -2.57. The molecule has 1 aliphatic heterocycles. The summed E-state index contributed by atoms with van der Waals surface area (Å²) < 4.78 is 0. The lowest BCUT2D eigenvalue weighted by atomic mass is 10.1. The molecule has 1 aromatic carbocycles. The molecule has 2 amide bonds. The van der Waals surface area contributed by atoms with Gasteiger partial charge in [0.2, 0.25) is 0 Å². The third kappa shape index (κ3) is 3.13. The van der Waals surface area contributed by atoms with Gasteiger partial charge in [0.25, 0.3) is 11.8 Å². The highest BCUT2D eigenvalue weighted by Gasteiger charge is 2.34. The number of aromatic nitrogens is 1. The maximum Gasteiger partial charge on any atom is 0.270 e. The molecule has 23 heavy (non-hydrogen) atoms. The number of halogens is 1. The number of anilines is 1. The van der Waals surface area contributed by atoms with Crippen molar-refractivity contribution in [3.8, 4) is 0 Å². The average Bonchev–Trinajstić information content (AvgIpc) is 2.54. The predicted molar refractivity (Wildman–Crippen MR) is 91.9 cm³/mol. The van der Waals surface area contributed by atoms with E-state index in [-0.39, 0.29) is 10.7 Å². The van der Waals surface area contributed by atoms with Crippen LogP contribution in [0.3, 0.4) is 0 Å². The zero-order valence-electron chi connectivity index (χ0n) is 11.7. The van der Waals surface area contributed by atoms with Crippen molar-refractivity contribution in [2.75, 3.05) is 4.90 Å². The minimum absolute atomic E-state index is 0.0125. The van der Waals surface area contributed by atoms with E-state index in [0.717, 1.165) is 0 Å². The van der Waals surface area contributed by atoms with Crippen molar-refractivity contribution in [3.63, 3.8) is 0 Å². The maximum atomic E-state index is 12.7. The molecule has 114 valence electrons. The lowest BCUT2D eigenvalue weighted by molar-refractivity contribution is -0.122. The third-order valence-corrected chi connectivity index (χ3v) is 3.72. The van der Waals surface area contributed by atoms with Gasteiger partial charge in [0.1, 0.15) is 5.57 Å². The summed E-state index contributed by atoms with van der Waals surface area (Å²) in [4.78, 5) is 30.0. The lowest BCUT2D eigenvalue weighted by Gasteiger charge is -2.28. The molecule has 1 saturated heterocycles. The Kier molecular flexibility index (Phi) is 4.18. The number of benzene rings is 1. The number of amides is 2. The summed E-state index contributed by atoms with van der Waals surface area (Å²) in [6.07, 6.45) is 4.66. The van der Waals surface area contributed by atoms with Crippen LogP contribution in [-0.2, 0) is 9.59 Å². The zero-order valence-corrected chi connectivity index (χ0v) is 13.3. The van der Waals surface area contributed by atoms with E-state index in [1.807, 2.05) is 0 Å². The first-order valence-corrected chi connectivity index (χ1v) is 7.42. The first kappa shape index (κ1) is 15.3. The number of thiocarbonyl (C=S) groups is 1. The van der Waals surface area contributed by atoms with Crippen LogP contribution in [0.25, 0.3) is 6.08 Å². The minimum Gasteiger partial charge on any atom is -0.298 e. The third-order valence-electron chi connectivity index (χ3n) is 3.18. The largest absolute Gasteiger partial charge is 0.298 e. The van der Waals surface area contributed by atoms with Crippen LogP contribution >= 0.6 is 23.8 Å². The second-order valence-electron chi connectivity index (χ2n) is 4.72. The van der Waals surface area contributed by atoms with Crippen LogP contribution in [0, 0.1) is 0 Å². The monoisotopic (exact) mass is 343 g/mol. The normalized spacial score (nSPS) is 16.7. The van der Waals surface area contributed by atoms with Crippen molar-refractivity contribution in [1.82, 2.24) is 10.3 Å². The highest BCUT2D eigenvalue weighted by Crippen LogP contribution is 2.23. The molecule has 0 aliphatic carbocycles. The molecule has 0 saturated carbocycles. The van der Waals surface area contributed by atoms with E-state index in [1.54, 1.807) is 48.8 Å². The van der Waals surface area contributed by atoms with Gasteiger partial charge in [-0.1, -0.05) is 17.7 Å². The van der Waals surface area contributed by atoms with Crippen LogP contribution in [0.5, 0.6) is 0 Å². The molecule has 1 N–H and O–H groups in total. The van der Waals surface area contributed by atoms with Gasteiger partial charge in [-0.3, -0.25) is 24.8 Å². The highest BCUT2D eigenvalue weighted by atomic mass is 35.5. The van der Waals surface area contributed by atoms with Crippen molar-refractivity contribution in [2.45, 2.75) is 0 Å². The van der Waals surface area contributed by atoms with E-state index in [9.17, 15) is 9.59 Å². The number of nitrogens with one attached hydrogen (secondary N) is 1. The second kappa shape index (κ2) is 6.28. The molecule has 5 nitrogen and oxygen atoms in total. The molecule has 0 unspecified atom stereocenters. The topological polar surface area (TPSA) is 62.3 Å². The Morgan fingerprint density at radius 1 is 1.17 bits per heavy atom. The van der Waals surface area contributed by atoms with Gasteiger partial charge in [-0.2, -0.15) is 0 Å². The number of hydrogen-bond acceptors (Lipinski definition) is 4. The molecule has 3 rings (SSSR count). The van der Waals surface area contributed by atoms with Crippen molar-refractivity contribution in [2.24, 2.45) is 0 Å². The maximum absolute atomic E-state index is 12.7. The number of rotatable bonds is 2. The SMILES string of the molecule is O=C1NC(=S)N(c2ccc(Cl)cc2)C(=O)C1=Cc1cccnc1. The Bertz CT molecular complexity index is 819. The van der Waals surface area contributed by atoms with Gasteiger partial charge in [-0.15, -0.1) is 0 Å². The Morgan fingerprint density at radius 3 is 2.57 bits per heavy atom. The average molecular weight is 344 g/mol. The Labute approximate surface area is 142 Å². The van der Waals surface area contributed by atoms with Crippen LogP contribution in [0.15, 0.2) is 54.4 Å². The lowest BCUT2D eigenvalue weighted by Crippen LogP contribution is -2.54. The highest BCUT2D eigenvalue weighted by molar-refractivity contribution is 7.80. The summed E-state index contributed by atoms with van der Waals surface area (Å²) >= 11 is 11.0. The summed E-state index contributed by atoms with van der Waals surface area (Å²) in [5.41, 5.74) is 1.16. The van der Waals surface area contributed by atoms with Crippen LogP contribution in [0.4, 0.5) is 5.69 Å². The van der Waals surface area contributed by atoms with Crippen LogP contribution in [0.2, 0.25) is 5.02 Å². The van der Waals surface area contributed by atoms with E-state index in [4.69, 9.17) is 23.8 Å². The molecule has 1 aromatic heterocycles. The van der Waals surface area contributed by atoms with Crippen molar-refractivity contribution in [3.05, 3.63) is 65.0 Å². The molecule has 2 aromatic rings. The molecule has 0 spiro atoms. The van der Waals surface area contributed by atoms with Crippen LogP contribution in [0.1, 0.15) is 5.56 Å². The summed E-state index contributed by atoms with van der Waals surface area (Å²) in [6, 6.07) is 10.1. The summed E-state index contributed by atoms with van der Waals surface area (Å²) in [7, 11) is 0. The van der Waals surface area contributed by atoms with Crippen molar-refractivity contribution < 1.29 is 9.59 Å². The van der Waals surface area contributed by atoms with Crippen LogP contribution in [-0.4, -0.2) is 21.9 Å². The predicted octanol–water partition coefficient (Wildman–Crippen LogP) is 2.57. The summed E-state index contributed by atoms with van der Waals surface area (Å²) in [5.74, 6) is -1.03. The van der Waals surface area contributed by atoms with Gasteiger partial charge in [-0.25, -0.2) is 0 Å². The minimum atomic E-state index is -0.533. The van der Waals surface area contributed by atoms with E-state index in [0.29, 0.717) is 16.3 Å². The number of carbonyl (C=O) groups excluding carboxylic acids is 2. The fourth-order valence-electron chi connectivity index (χ4n) is 2.11. The van der Waals surface area contributed by atoms with Crippen LogP contribution < -0.4 is 10.2 Å². The van der Waals surface area contributed by atoms with Gasteiger partial charge in [0, 0.05) is 17.4 Å². The van der Waals surface area contributed by atoms with Gasteiger partial charge in [0.15, 0.2) is 5.11 Å². The molecular formula is C16H10ClN3O2S. The molecule has 7 heteroatoms. The summed E-state index contributed by atoms with van der Waals surface area (Å²) in [5, 5.41) is 3.09. The van der Waals surface area contributed by atoms with Gasteiger partial charge < -0.3 is 0 Å². The van der Waals surface area contributed by atoms with E-state index in [2.05, 4.69) is 10.3 Å². The standard InChI is InChI=1S/C16H10ClN3O2S/c17-11-3-5-12(6-4-11)20-15(22)13(14(21)19-16(20)23)8-10-2-1-7-18-9-10/h1-9H,(H,19,21,23). The number of hydrogen-bond donors (Lipinski definition) is 1. The van der Waals surface area contributed by atoms with Gasteiger partial charge >= 0.3 is 0 Å². The van der Waals surface area contributed by atoms with E-state index < -0.39 is 11.8 Å². The Morgan fingerprint density at radius 2 is 1.91 bits per heavy atom. The first-order chi connectivity index (χ1) is 11.1. The molecule has 0 bridgehead atoms. The first-order valence-electron chi connectivity index (χ1n) is 6.63. The molecule has 0 atom stereocenters. The van der Waals surface area contributed by atoms with E-state index in [1.165, 1.54) is 11.0 Å². The molecule has 0 radical (unpaired) electrons. The quantitative estimate of drug-likeness (QED) is 0.517. The van der Waals surface area contributed by atoms with Crippen molar-refractivity contribution >= 4 is 52.5 Å². The molecule has 1 fully saturated rings. The molecule has 1 aliphatic rings. The Balaban J connectivity index is 2.01. The molecule has 2 heterocycles. The van der Waals surface area contributed by atoms with Gasteiger partial charge in [-0.05, 0) is 54.2 Å². The number of nitrogens with zero attached hydrogens (tertiary/aromatic N) is 2. The smallest absolute Gasteiger partial charge is 0.270 e. The van der Waals surface area contributed by atoms with Gasteiger partial charge in [0.05, 0.1) is 5.69 Å². The molecular weight excluding hydrogens is 334 g/mol.